The van der Waals surface area contributed by atoms with Crippen LogP contribution in [0.15, 0.2) is 23.2 Å². The van der Waals surface area contributed by atoms with Gasteiger partial charge in [0.2, 0.25) is 0 Å². The first-order valence-corrected chi connectivity index (χ1v) is 10.5. The number of rotatable bonds is 7. The molecule has 0 radical (unpaired) electrons. The minimum absolute atomic E-state index is 0. The molecule has 1 atom stereocenters. The van der Waals surface area contributed by atoms with Crippen LogP contribution in [0.25, 0.3) is 0 Å². The van der Waals surface area contributed by atoms with Crippen LogP contribution in [0.4, 0.5) is 0 Å². The van der Waals surface area contributed by atoms with Crippen LogP contribution in [0.1, 0.15) is 61.8 Å². The second-order valence-corrected chi connectivity index (χ2v) is 7.64. The zero-order chi connectivity index (χ0) is 18.9. The lowest BCUT2D eigenvalue weighted by molar-refractivity contribution is -0.0320. The van der Waals surface area contributed by atoms with Crippen molar-refractivity contribution in [1.29, 1.82) is 0 Å². The normalized spacial score (nSPS) is 18.7. The van der Waals surface area contributed by atoms with Gasteiger partial charge in [-0.25, -0.2) is 0 Å². The summed E-state index contributed by atoms with van der Waals surface area (Å²) in [5.74, 6) is 0.853. The standard InChI is InChI=1S/C22H35N3O2.HI/c1-17(19-9-8-18-6-3-4-7-20(18)16-19)25-22(23-2)24-12-5-13-27-21-10-14-26-15-11-21;/h8-9,16-17,21H,3-7,10-15H2,1-2H3,(H2,23,24,25);1H. The number of hydrogen-bond acceptors (Lipinski definition) is 3. The Morgan fingerprint density at radius 2 is 1.96 bits per heavy atom. The summed E-state index contributed by atoms with van der Waals surface area (Å²) in [5, 5.41) is 6.92. The SMILES string of the molecule is CN=C(NCCCOC1CCOCC1)NC(C)c1ccc2c(c1)CCCC2.I. The van der Waals surface area contributed by atoms with Crippen molar-refractivity contribution in [2.24, 2.45) is 4.99 Å². The molecule has 0 bridgehead atoms. The Kier molecular flexibility index (Phi) is 10.6. The van der Waals surface area contributed by atoms with Gasteiger partial charge in [0.25, 0.3) is 0 Å². The minimum Gasteiger partial charge on any atom is -0.381 e. The van der Waals surface area contributed by atoms with E-state index < -0.39 is 0 Å². The average molecular weight is 501 g/mol. The van der Waals surface area contributed by atoms with Crippen LogP contribution in [-0.4, -0.2) is 45.5 Å². The van der Waals surface area contributed by atoms with Crippen molar-refractivity contribution in [3.05, 3.63) is 34.9 Å². The molecule has 1 saturated heterocycles. The quantitative estimate of drug-likeness (QED) is 0.257. The fraction of sp³-hybridized carbons (Fsp3) is 0.682. The second-order valence-electron chi connectivity index (χ2n) is 7.64. The highest BCUT2D eigenvalue weighted by Crippen LogP contribution is 2.24. The fourth-order valence-corrected chi connectivity index (χ4v) is 3.88. The third-order valence-electron chi connectivity index (χ3n) is 5.58. The van der Waals surface area contributed by atoms with Crippen molar-refractivity contribution in [3.8, 4) is 0 Å². The molecule has 1 heterocycles. The molecule has 3 rings (SSSR count). The lowest BCUT2D eigenvalue weighted by Gasteiger charge is -2.23. The van der Waals surface area contributed by atoms with E-state index >= 15 is 0 Å². The van der Waals surface area contributed by atoms with Crippen molar-refractivity contribution in [2.75, 3.05) is 33.4 Å². The Morgan fingerprint density at radius 1 is 1.21 bits per heavy atom. The van der Waals surface area contributed by atoms with E-state index in [-0.39, 0.29) is 30.0 Å². The molecule has 1 aliphatic heterocycles. The predicted octanol–water partition coefficient (Wildman–Crippen LogP) is 4.00. The van der Waals surface area contributed by atoms with Gasteiger partial charge in [-0.15, -0.1) is 24.0 Å². The first kappa shape index (κ1) is 23.4. The molecule has 0 aromatic heterocycles. The van der Waals surface area contributed by atoms with Gasteiger partial charge >= 0.3 is 0 Å². The summed E-state index contributed by atoms with van der Waals surface area (Å²) in [6, 6.07) is 7.19. The van der Waals surface area contributed by atoms with Gasteiger partial charge in [0.1, 0.15) is 0 Å². The number of fused-ring (bicyclic) bond motifs is 1. The summed E-state index contributed by atoms with van der Waals surface area (Å²) in [7, 11) is 1.83. The Balaban J connectivity index is 0.00000280. The maximum Gasteiger partial charge on any atom is 0.191 e. The molecule has 0 saturated carbocycles. The number of ether oxygens (including phenoxy) is 2. The molecule has 158 valence electrons. The summed E-state index contributed by atoms with van der Waals surface area (Å²) >= 11 is 0. The highest BCUT2D eigenvalue weighted by atomic mass is 127. The topological polar surface area (TPSA) is 54.9 Å². The molecule has 6 heteroatoms. The highest BCUT2D eigenvalue weighted by molar-refractivity contribution is 14.0. The fourth-order valence-electron chi connectivity index (χ4n) is 3.88. The van der Waals surface area contributed by atoms with Crippen LogP contribution < -0.4 is 10.6 Å². The van der Waals surface area contributed by atoms with E-state index in [0.717, 1.165) is 51.6 Å². The molecule has 2 aliphatic rings. The van der Waals surface area contributed by atoms with Crippen molar-refractivity contribution < 1.29 is 9.47 Å². The van der Waals surface area contributed by atoms with E-state index in [1.54, 1.807) is 0 Å². The molecular weight excluding hydrogens is 465 g/mol. The Bertz CT molecular complexity index is 618. The number of halogens is 1. The van der Waals surface area contributed by atoms with Gasteiger partial charge in [-0.3, -0.25) is 4.99 Å². The molecule has 1 aliphatic carbocycles. The number of guanidine groups is 1. The smallest absolute Gasteiger partial charge is 0.191 e. The summed E-state index contributed by atoms with van der Waals surface area (Å²) < 4.78 is 11.3. The first-order valence-electron chi connectivity index (χ1n) is 10.5. The molecule has 1 unspecified atom stereocenters. The number of aliphatic imine (C=N–C) groups is 1. The maximum atomic E-state index is 5.92. The molecule has 28 heavy (non-hydrogen) atoms. The van der Waals surface area contributed by atoms with Crippen molar-refractivity contribution in [3.63, 3.8) is 0 Å². The van der Waals surface area contributed by atoms with Gasteiger partial charge in [-0.2, -0.15) is 0 Å². The minimum atomic E-state index is 0. The van der Waals surface area contributed by atoms with E-state index in [1.165, 1.54) is 42.4 Å². The first-order chi connectivity index (χ1) is 13.3. The number of nitrogens with zero attached hydrogens (tertiary/aromatic N) is 1. The molecular formula is C22H36IN3O2. The highest BCUT2D eigenvalue weighted by Gasteiger charge is 2.14. The van der Waals surface area contributed by atoms with Gasteiger partial charge in [-0.05, 0) is 68.6 Å². The van der Waals surface area contributed by atoms with Crippen LogP contribution in [-0.2, 0) is 22.3 Å². The van der Waals surface area contributed by atoms with E-state index in [2.05, 4.69) is 40.7 Å². The van der Waals surface area contributed by atoms with E-state index in [9.17, 15) is 0 Å². The zero-order valence-electron chi connectivity index (χ0n) is 17.3. The molecule has 5 nitrogen and oxygen atoms in total. The average Bonchev–Trinajstić information content (AvgIpc) is 2.73. The number of aryl methyl sites for hydroxylation is 2. The Labute approximate surface area is 187 Å². The third kappa shape index (κ3) is 7.19. The number of benzene rings is 1. The largest absolute Gasteiger partial charge is 0.381 e. The monoisotopic (exact) mass is 501 g/mol. The predicted molar refractivity (Wildman–Crippen MR) is 126 cm³/mol. The lowest BCUT2D eigenvalue weighted by Crippen LogP contribution is -2.39. The number of hydrogen-bond donors (Lipinski definition) is 2. The van der Waals surface area contributed by atoms with Crippen molar-refractivity contribution in [1.82, 2.24) is 10.6 Å². The van der Waals surface area contributed by atoms with Crippen LogP contribution in [0.3, 0.4) is 0 Å². The molecule has 1 aromatic carbocycles. The van der Waals surface area contributed by atoms with E-state index in [1.807, 2.05) is 7.05 Å². The summed E-state index contributed by atoms with van der Waals surface area (Å²) in [6.45, 7) is 5.51. The van der Waals surface area contributed by atoms with Gasteiger partial charge in [-0.1, -0.05) is 18.2 Å². The Hall–Kier alpha value is -0.860. The van der Waals surface area contributed by atoms with Crippen molar-refractivity contribution >= 4 is 29.9 Å². The Morgan fingerprint density at radius 3 is 2.71 bits per heavy atom. The summed E-state index contributed by atoms with van der Waals surface area (Å²) in [6.07, 6.45) is 8.49. The van der Waals surface area contributed by atoms with Gasteiger partial charge < -0.3 is 20.1 Å². The van der Waals surface area contributed by atoms with Gasteiger partial charge in [0.15, 0.2) is 5.96 Å². The molecule has 1 aromatic rings. The van der Waals surface area contributed by atoms with Gasteiger partial charge in [0.05, 0.1) is 12.1 Å². The van der Waals surface area contributed by atoms with Gasteiger partial charge in [0, 0.05) is 33.4 Å². The van der Waals surface area contributed by atoms with Crippen LogP contribution in [0.5, 0.6) is 0 Å². The lowest BCUT2D eigenvalue weighted by atomic mass is 9.89. The van der Waals surface area contributed by atoms with Crippen LogP contribution >= 0.6 is 24.0 Å². The summed E-state index contributed by atoms with van der Waals surface area (Å²) in [4.78, 5) is 4.37. The van der Waals surface area contributed by atoms with Crippen molar-refractivity contribution in [2.45, 2.75) is 64.0 Å². The van der Waals surface area contributed by atoms with E-state index in [0.29, 0.717) is 6.10 Å². The number of nitrogens with one attached hydrogen (secondary N) is 2. The molecule has 1 fully saturated rings. The second kappa shape index (κ2) is 12.6. The molecule has 0 spiro atoms. The van der Waals surface area contributed by atoms with E-state index in [4.69, 9.17) is 9.47 Å². The zero-order valence-corrected chi connectivity index (χ0v) is 19.7. The maximum absolute atomic E-state index is 5.92. The molecule has 2 N–H and O–H groups in total. The third-order valence-corrected chi connectivity index (χ3v) is 5.58. The van der Waals surface area contributed by atoms with Crippen LogP contribution in [0.2, 0.25) is 0 Å². The summed E-state index contributed by atoms with van der Waals surface area (Å²) in [5.41, 5.74) is 4.39. The molecule has 0 amide bonds. The van der Waals surface area contributed by atoms with Crippen LogP contribution in [0, 0.1) is 0 Å².